The topological polar surface area (TPSA) is 42.2 Å². The van der Waals surface area contributed by atoms with Gasteiger partial charge in [0.1, 0.15) is 0 Å². The zero-order chi connectivity index (χ0) is 11.8. The van der Waals surface area contributed by atoms with Gasteiger partial charge in [0.15, 0.2) is 11.5 Å². The van der Waals surface area contributed by atoms with Gasteiger partial charge in [0.25, 0.3) is 0 Å². The van der Waals surface area contributed by atoms with E-state index in [2.05, 4.69) is 13.0 Å². The highest BCUT2D eigenvalue weighted by molar-refractivity contribution is 5.48. The van der Waals surface area contributed by atoms with Crippen LogP contribution in [0.2, 0.25) is 0 Å². The maximum Gasteiger partial charge on any atom is 0.161 e. The second-order valence-corrected chi connectivity index (χ2v) is 4.37. The van der Waals surface area contributed by atoms with Gasteiger partial charge in [-0.15, -0.1) is 0 Å². The standard InChI is InChI=1S/C13H15NO2/c1-13(7-10(13)8-14)9-4-5-11(15-2)12(6-9)16-3/h4-6,10H,7H2,1-3H3. The van der Waals surface area contributed by atoms with Crippen LogP contribution in [0.15, 0.2) is 18.2 Å². The Hall–Kier alpha value is -1.69. The largest absolute Gasteiger partial charge is 0.493 e. The monoisotopic (exact) mass is 217 g/mol. The van der Waals surface area contributed by atoms with Gasteiger partial charge in [-0.2, -0.15) is 5.26 Å². The van der Waals surface area contributed by atoms with Crippen molar-refractivity contribution in [3.05, 3.63) is 23.8 Å². The Kier molecular flexibility index (Phi) is 2.51. The van der Waals surface area contributed by atoms with E-state index in [1.165, 1.54) is 0 Å². The van der Waals surface area contributed by atoms with Crippen LogP contribution < -0.4 is 9.47 Å². The van der Waals surface area contributed by atoms with E-state index >= 15 is 0 Å². The maximum atomic E-state index is 8.92. The molecular formula is C13H15NO2. The molecular weight excluding hydrogens is 202 g/mol. The zero-order valence-electron chi connectivity index (χ0n) is 9.78. The molecule has 1 fully saturated rings. The molecule has 2 rings (SSSR count). The summed E-state index contributed by atoms with van der Waals surface area (Å²) in [6.45, 7) is 2.11. The van der Waals surface area contributed by atoms with Crippen molar-refractivity contribution < 1.29 is 9.47 Å². The molecule has 2 atom stereocenters. The summed E-state index contributed by atoms with van der Waals surface area (Å²) in [5, 5.41) is 8.92. The van der Waals surface area contributed by atoms with E-state index in [4.69, 9.17) is 14.7 Å². The van der Waals surface area contributed by atoms with E-state index in [-0.39, 0.29) is 11.3 Å². The summed E-state index contributed by atoms with van der Waals surface area (Å²) in [6, 6.07) is 8.20. The summed E-state index contributed by atoms with van der Waals surface area (Å²) in [5.41, 5.74) is 1.14. The molecule has 1 aliphatic rings. The van der Waals surface area contributed by atoms with Crippen LogP contribution in [0.1, 0.15) is 18.9 Å². The lowest BCUT2D eigenvalue weighted by Crippen LogP contribution is -2.04. The molecule has 1 aliphatic carbocycles. The molecule has 0 aromatic heterocycles. The van der Waals surface area contributed by atoms with Crippen LogP contribution in [-0.2, 0) is 5.41 Å². The van der Waals surface area contributed by atoms with E-state index in [0.29, 0.717) is 0 Å². The van der Waals surface area contributed by atoms with Gasteiger partial charge in [0, 0.05) is 5.41 Å². The molecule has 1 aromatic rings. The fraction of sp³-hybridized carbons (Fsp3) is 0.462. The minimum atomic E-state index is -0.00565. The molecule has 0 aliphatic heterocycles. The van der Waals surface area contributed by atoms with Gasteiger partial charge in [-0.25, -0.2) is 0 Å². The first-order valence-corrected chi connectivity index (χ1v) is 5.28. The third-order valence-corrected chi connectivity index (χ3v) is 3.44. The molecule has 3 nitrogen and oxygen atoms in total. The summed E-state index contributed by atoms with van der Waals surface area (Å²) in [7, 11) is 3.24. The molecule has 0 N–H and O–H groups in total. The first kappa shape index (κ1) is 10.8. The van der Waals surface area contributed by atoms with Crippen molar-refractivity contribution in [2.45, 2.75) is 18.8 Å². The molecule has 2 unspecified atom stereocenters. The van der Waals surface area contributed by atoms with E-state index in [9.17, 15) is 0 Å². The second kappa shape index (κ2) is 3.71. The van der Waals surface area contributed by atoms with E-state index < -0.39 is 0 Å². The van der Waals surface area contributed by atoms with E-state index in [1.54, 1.807) is 14.2 Å². The van der Waals surface area contributed by atoms with Gasteiger partial charge in [-0.3, -0.25) is 0 Å². The Labute approximate surface area is 95.6 Å². The number of hydrogen-bond donors (Lipinski definition) is 0. The summed E-state index contributed by atoms with van der Waals surface area (Å²) in [5.74, 6) is 1.58. The fourth-order valence-electron chi connectivity index (χ4n) is 2.06. The number of nitriles is 1. The maximum absolute atomic E-state index is 8.92. The Morgan fingerprint density at radius 1 is 1.31 bits per heavy atom. The van der Waals surface area contributed by atoms with Crippen LogP contribution in [0.5, 0.6) is 11.5 Å². The molecule has 3 heteroatoms. The lowest BCUT2D eigenvalue weighted by atomic mass is 9.95. The summed E-state index contributed by atoms with van der Waals surface area (Å²) in [4.78, 5) is 0. The number of methoxy groups -OCH3 is 2. The summed E-state index contributed by atoms with van der Waals surface area (Å²) in [6.07, 6.45) is 0.930. The molecule has 0 amide bonds. The first-order chi connectivity index (χ1) is 7.65. The van der Waals surface area contributed by atoms with Crippen LogP contribution in [0.25, 0.3) is 0 Å². The Bertz CT molecular complexity index is 450. The first-order valence-electron chi connectivity index (χ1n) is 5.28. The zero-order valence-corrected chi connectivity index (χ0v) is 9.78. The molecule has 0 radical (unpaired) electrons. The average molecular weight is 217 g/mol. The van der Waals surface area contributed by atoms with Crippen LogP contribution >= 0.6 is 0 Å². The van der Waals surface area contributed by atoms with Crippen molar-refractivity contribution in [1.29, 1.82) is 5.26 Å². The van der Waals surface area contributed by atoms with Gasteiger partial charge in [-0.1, -0.05) is 13.0 Å². The van der Waals surface area contributed by atoms with Crippen molar-refractivity contribution in [2.24, 2.45) is 5.92 Å². The van der Waals surface area contributed by atoms with Gasteiger partial charge in [0.05, 0.1) is 26.2 Å². The Morgan fingerprint density at radius 3 is 2.50 bits per heavy atom. The highest BCUT2D eigenvalue weighted by atomic mass is 16.5. The van der Waals surface area contributed by atoms with Gasteiger partial charge in [-0.05, 0) is 24.1 Å². The normalized spacial score (nSPS) is 27.0. The summed E-state index contributed by atoms with van der Waals surface area (Å²) >= 11 is 0. The predicted octanol–water partition coefficient (Wildman–Crippen LogP) is 2.50. The minimum Gasteiger partial charge on any atom is -0.493 e. The van der Waals surface area contributed by atoms with Crippen LogP contribution in [0.4, 0.5) is 0 Å². The average Bonchev–Trinajstić information content (AvgIpc) is 3.01. The van der Waals surface area contributed by atoms with Crippen LogP contribution in [0.3, 0.4) is 0 Å². The SMILES string of the molecule is COc1ccc(C2(C)CC2C#N)cc1OC. The van der Waals surface area contributed by atoms with Crippen LogP contribution in [0, 0.1) is 17.2 Å². The van der Waals surface area contributed by atoms with E-state index in [0.717, 1.165) is 23.5 Å². The number of ether oxygens (including phenoxy) is 2. The summed E-state index contributed by atoms with van der Waals surface area (Å²) < 4.78 is 10.4. The van der Waals surface area contributed by atoms with E-state index in [1.807, 2.05) is 18.2 Å². The predicted molar refractivity (Wildman–Crippen MR) is 60.6 cm³/mol. The Balaban J connectivity index is 2.35. The van der Waals surface area contributed by atoms with Gasteiger partial charge in [0.2, 0.25) is 0 Å². The van der Waals surface area contributed by atoms with Crippen molar-refractivity contribution in [3.63, 3.8) is 0 Å². The second-order valence-electron chi connectivity index (χ2n) is 4.37. The lowest BCUT2D eigenvalue weighted by Gasteiger charge is -2.13. The molecule has 0 saturated heterocycles. The number of nitrogens with zero attached hydrogens (tertiary/aromatic N) is 1. The van der Waals surface area contributed by atoms with Crippen molar-refractivity contribution in [1.82, 2.24) is 0 Å². The molecule has 84 valence electrons. The molecule has 16 heavy (non-hydrogen) atoms. The number of rotatable bonds is 3. The smallest absolute Gasteiger partial charge is 0.161 e. The minimum absolute atomic E-state index is 0.00565. The van der Waals surface area contributed by atoms with Crippen molar-refractivity contribution in [2.75, 3.05) is 14.2 Å². The fourth-order valence-corrected chi connectivity index (χ4v) is 2.06. The quantitative estimate of drug-likeness (QED) is 0.781. The third-order valence-electron chi connectivity index (χ3n) is 3.44. The highest BCUT2D eigenvalue weighted by Gasteiger charge is 2.51. The lowest BCUT2D eigenvalue weighted by molar-refractivity contribution is 0.354. The number of benzene rings is 1. The third kappa shape index (κ3) is 1.51. The molecule has 0 spiro atoms. The van der Waals surface area contributed by atoms with Crippen molar-refractivity contribution in [3.8, 4) is 17.6 Å². The van der Waals surface area contributed by atoms with Gasteiger partial charge < -0.3 is 9.47 Å². The molecule has 1 aromatic carbocycles. The van der Waals surface area contributed by atoms with Crippen molar-refractivity contribution >= 4 is 0 Å². The highest BCUT2D eigenvalue weighted by Crippen LogP contribution is 2.54. The molecule has 0 bridgehead atoms. The van der Waals surface area contributed by atoms with Gasteiger partial charge >= 0.3 is 0 Å². The van der Waals surface area contributed by atoms with Crippen LogP contribution in [-0.4, -0.2) is 14.2 Å². The molecule has 0 heterocycles. The Morgan fingerprint density at radius 2 is 2.00 bits per heavy atom. The number of hydrogen-bond acceptors (Lipinski definition) is 3. The molecule has 1 saturated carbocycles.